The van der Waals surface area contributed by atoms with Crippen LogP contribution in [0.25, 0.3) is 0 Å². The highest BCUT2D eigenvalue weighted by molar-refractivity contribution is 7.80. The number of amides is 1. The Labute approximate surface area is 186 Å². The van der Waals surface area contributed by atoms with Gasteiger partial charge < -0.3 is 15.5 Å². The first-order valence-corrected chi connectivity index (χ1v) is 11.1. The lowest BCUT2D eigenvalue weighted by atomic mass is 10.0. The molecule has 3 heterocycles. The summed E-state index contributed by atoms with van der Waals surface area (Å²) >= 11 is 7.42. The third-order valence-corrected chi connectivity index (χ3v) is 6.56. The Morgan fingerprint density at radius 2 is 2.07 bits per heavy atom. The number of carbonyl (C=O) groups excluding carboxylic acids is 1. The number of thiocarbonyl (C=S) groups is 1. The van der Waals surface area contributed by atoms with Crippen molar-refractivity contribution in [2.24, 2.45) is 0 Å². The van der Waals surface area contributed by atoms with E-state index in [0.29, 0.717) is 18.1 Å². The molecule has 2 atom stereocenters. The fourth-order valence-corrected chi connectivity index (χ4v) is 5.10. The first kappa shape index (κ1) is 20.5. The van der Waals surface area contributed by atoms with Crippen molar-refractivity contribution in [2.75, 3.05) is 11.9 Å². The van der Waals surface area contributed by atoms with Crippen molar-refractivity contribution in [3.8, 4) is 0 Å². The van der Waals surface area contributed by atoms with Crippen LogP contribution in [0.4, 0.5) is 5.69 Å². The van der Waals surface area contributed by atoms with Gasteiger partial charge in [-0.25, -0.2) is 0 Å². The van der Waals surface area contributed by atoms with Crippen molar-refractivity contribution in [1.82, 2.24) is 15.2 Å². The lowest BCUT2D eigenvalue weighted by Crippen LogP contribution is -2.32. The Kier molecular flexibility index (Phi) is 6.11. The van der Waals surface area contributed by atoms with E-state index < -0.39 is 0 Å². The molecule has 1 saturated heterocycles. The van der Waals surface area contributed by atoms with E-state index in [2.05, 4.69) is 39.6 Å². The average molecular weight is 437 g/mol. The van der Waals surface area contributed by atoms with Crippen molar-refractivity contribution in [1.29, 1.82) is 0 Å². The molecule has 5 nitrogen and oxygen atoms in total. The predicted octanol–water partition coefficient (Wildman–Crippen LogP) is 4.76. The van der Waals surface area contributed by atoms with Crippen molar-refractivity contribution in [3.05, 3.63) is 81.8 Å². The summed E-state index contributed by atoms with van der Waals surface area (Å²) in [4.78, 5) is 21.7. The third-order valence-electron chi connectivity index (χ3n) is 5.13. The summed E-state index contributed by atoms with van der Waals surface area (Å²) in [7, 11) is 0. The monoisotopic (exact) mass is 436 g/mol. The number of hydrogen-bond acceptors (Lipinski definition) is 4. The van der Waals surface area contributed by atoms with Gasteiger partial charge in [-0.05, 0) is 68.0 Å². The number of rotatable bonds is 6. The largest absolute Gasteiger partial charge is 0.352 e. The number of carbonyl (C=O) groups is 1. The number of aromatic nitrogens is 1. The number of thiophene rings is 1. The van der Waals surface area contributed by atoms with Crippen LogP contribution < -0.4 is 10.6 Å². The molecule has 1 aromatic carbocycles. The zero-order chi connectivity index (χ0) is 21.1. The Hall–Kier alpha value is -2.77. The van der Waals surface area contributed by atoms with Crippen LogP contribution in [0.2, 0.25) is 0 Å². The van der Waals surface area contributed by atoms with Crippen molar-refractivity contribution >= 4 is 40.3 Å². The molecule has 7 heteroatoms. The second kappa shape index (κ2) is 8.93. The number of pyridine rings is 1. The molecular weight excluding hydrogens is 412 g/mol. The lowest BCUT2D eigenvalue weighted by Gasteiger charge is -2.26. The average Bonchev–Trinajstić information content (AvgIpc) is 3.30. The van der Waals surface area contributed by atoms with Crippen LogP contribution in [0, 0.1) is 13.8 Å². The highest BCUT2D eigenvalue weighted by atomic mass is 32.1. The van der Waals surface area contributed by atoms with Crippen molar-refractivity contribution < 1.29 is 4.79 Å². The van der Waals surface area contributed by atoms with E-state index in [1.807, 2.05) is 49.4 Å². The molecule has 4 rings (SSSR count). The SMILES string of the molecule is Cc1cccc(NC(=O)CCN2C(=S)N[C@H](c3ccccn3)[C@H]2c2ccc(C)s2)c1. The predicted molar refractivity (Wildman–Crippen MR) is 126 cm³/mol. The topological polar surface area (TPSA) is 57.3 Å². The Morgan fingerprint density at radius 1 is 1.20 bits per heavy atom. The Balaban J connectivity index is 1.51. The lowest BCUT2D eigenvalue weighted by molar-refractivity contribution is -0.116. The maximum atomic E-state index is 12.6. The molecule has 2 aromatic heterocycles. The molecule has 30 heavy (non-hydrogen) atoms. The van der Waals surface area contributed by atoms with Crippen LogP contribution in [-0.2, 0) is 4.79 Å². The van der Waals surface area contributed by atoms with Crippen molar-refractivity contribution in [3.63, 3.8) is 0 Å². The number of nitrogens with zero attached hydrogens (tertiary/aromatic N) is 2. The van der Waals surface area contributed by atoms with E-state index in [0.717, 1.165) is 16.9 Å². The molecule has 0 saturated carbocycles. The number of nitrogens with one attached hydrogen (secondary N) is 2. The molecule has 1 aliphatic heterocycles. The summed E-state index contributed by atoms with van der Waals surface area (Å²) in [6.07, 6.45) is 2.15. The zero-order valence-corrected chi connectivity index (χ0v) is 18.6. The quantitative estimate of drug-likeness (QED) is 0.546. The molecule has 1 fully saturated rings. The minimum Gasteiger partial charge on any atom is -0.352 e. The maximum absolute atomic E-state index is 12.6. The molecule has 2 N–H and O–H groups in total. The van der Waals surface area contributed by atoms with E-state index in [4.69, 9.17) is 12.2 Å². The van der Waals surface area contributed by atoms with Gasteiger partial charge in [0.2, 0.25) is 5.91 Å². The molecule has 3 aromatic rings. The van der Waals surface area contributed by atoms with Gasteiger partial charge in [-0.2, -0.15) is 0 Å². The van der Waals surface area contributed by atoms with Crippen LogP contribution >= 0.6 is 23.6 Å². The summed E-state index contributed by atoms with van der Waals surface area (Å²) in [5.74, 6) is -0.0224. The summed E-state index contributed by atoms with van der Waals surface area (Å²) in [6.45, 7) is 4.65. The minimum atomic E-state index is -0.0448. The number of hydrogen-bond donors (Lipinski definition) is 2. The first-order chi connectivity index (χ1) is 14.5. The fraction of sp³-hybridized carbons (Fsp3) is 0.261. The van der Waals surface area contributed by atoms with E-state index in [1.165, 1.54) is 9.75 Å². The minimum absolute atomic E-state index is 0.0119. The van der Waals surface area contributed by atoms with Gasteiger partial charge in [0.1, 0.15) is 0 Å². The highest BCUT2D eigenvalue weighted by Crippen LogP contribution is 2.41. The third kappa shape index (κ3) is 4.52. The maximum Gasteiger partial charge on any atom is 0.226 e. The molecule has 0 radical (unpaired) electrons. The van der Waals surface area contributed by atoms with Gasteiger partial charge in [0, 0.05) is 34.6 Å². The molecule has 0 aliphatic carbocycles. The second-order valence-corrected chi connectivity index (χ2v) is 9.14. The van der Waals surface area contributed by atoms with E-state index in [9.17, 15) is 4.79 Å². The molecule has 1 amide bonds. The van der Waals surface area contributed by atoms with Crippen LogP contribution in [0.5, 0.6) is 0 Å². The number of benzene rings is 1. The van der Waals surface area contributed by atoms with Gasteiger partial charge in [0.25, 0.3) is 0 Å². The van der Waals surface area contributed by atoms with Gasteiger partial charge in [-0.15, -0.1) is 11.3 Å². The fourth-order valence-electron chi connectivity index (χ4n) is 3.74. The summed E-state index contributed by atoms with van der Waals surface area (Å²) in [5.41, 5.74) is 2.88. The van der Waals surface area contributed by atoms with E-state index >= 15 is 0 Å². The molecule has 0 unspecified atom stereocenters. The van der Waals surface area contributed by atoms with Gasteiger partial charge in [-0.3, -0.25) is 9.78 Å². The molecule has 154 valence electrons. The zero-order valence-electron chi connectivity index (χ0n) is 17.0. The van der Waals surface area contributed by atoms with Gasteiger partial charge in [-0.1, -0.05) is 18.2 Å². The number of aryl methyl sites for hydroxylation is 2. The highest BCUT2D eigenvalue weighted by Gasteiger charge is 2.40. The molecule has 0 bridgehead atoms. The molecular formula is C23H24N4OS2. The van der Waals surface area contributed by atoms with E-state index in [-0.39, 0.29) is 18.0 Å². The Morgan fingerprint density at radius 3 is 2.77 bits per heavy atom. The Bertz CT molecular complexity index is 1050. The van der Waals surface area contributed by atoms with Crippen LogP contribution in [0.3, 0.4) is 0 Å². The summed E-state index contributed by atoms with van der Waals surface area (Å²) in [5, 5.41) is 7.07. The smallest absolute Gasteiger partial charge is 0.226 e. The van der Waals surface area contributed by atoms with Crippen LogP contribution in [0.1, 0.15) is 39.5 Å². The van der Waals surface area contributed by atoms with Gasteiger partial charge >= 0.3 is 0 Å². The van der Waals surface area contributed by atoms with Crippen molar-refractivity contribution in [2.45, 2.75) is 32.4 Å². The normalized spacial score (nSPS) is 18.3. The molecule has 0 spiro atoms. The van der Waals surface area contributed by atoms with Gasteiger partial charge in [0.15, 0.2) is 5.11 Å². The summed E-state index contributed by atoms with van der Waals surface area (Å²) in [6, 6.07) is 18.0. The molecule has 1 aliphatic rings. The van der Waals surface area contributed by atoms with Crippen LogP contribution in [-0.4, -0.2) is 27.4 Å². The standard InChI is InChI=1S/C23H24N4OS2/c1-15-6-5-7-17(14-15)25-20(28)11-13-27-22(19-10-9-16(2)30-19)21(26-23(27)29)18-8-3-4-12-24-18/h3-10,12,14,21-22H,11,13H2,1-2H3,(H,25,28)(H,26,29)/t21-,22-/m1/s1. The second-order valence-electron chi connectivity index (χ2n) is 7.44. The first-order valence-electron chi connectivity index (χ1n) is 9.92. The number of anilines is 1. The van der Waals surface area contributed by atoms with Crippen LogP contribution in [0.15, 0.2) is 60.8 Å². The van der Waals surface area contributed by atoms with E-state index in [1.54, 1.807) is 17.5 Å². The summed E-state index contributed by atoms with van der Waals surface area (Å²) < 4.78 is 0. The van der Waals surface area contributed by atoms with Gasteiger partial charge in [0.05, 0.1) is 17.8 Å².